The lowest BCUT2D eigenvalue weighted by Crippen LogP contribution is -2.21. The van der Waals surface area contributed by atoms with E-state index in [9.17, 15) is 4.39 Å². The fourth-order valence-corrected chi connectivity index (χ4v) is 2.00. The number of halogens is 2. The minimum atomic E-state index is -0.328. The molecule has 0 aliphatic rings. The average Bonchev–Trinajstić information content (AvgIpc) is 2.71. The Bertz CT molecular complexity index is 520. The van der Waals surface area contributed by atoms with Crippen LogP contribution in [0.25, 0.3) is 0 Å². The summed E-state index contributed by atoms with van der Waals surface area (Å²) in [4.78, 5) is 0. The molecule has 0 aliphatic carbocycles. The quantitative estimate of drug-likeness (QED) is 0.926. The second kappa shape index (κ2) is 5.46. The molecule has 1 heterocycles. The van der Waals surface area contributed by atoms with E-state index in [-0.39, 0.29) is 11.9 Å². The van der Waals surface area contributed by atoms with Crippen LogP contribution < -0.4 is 5.32 Å². The zero-order valence-electron chi connectivity index (χ0n) is 10.2. The summed E-state index contributed by atoms with van der Waals surface area (Å²) in [6.45, 7) is 2.50. The molecule has 4 nitrogen and oxygen atoms in total. The Morgan fingerprint density at radius 3 is 2.83 bits per heavy atom. The minimum absolute atomic E-state index is 0.0274. The van der Waals surface area contributed by atoms with E-state index >= 15 is 0 Å². The molecule has 2 aromatic rings. The molecule has 18 heavy (non-hydrogen) atoms. The first-order chi connectivity index (χ1) is 8.56. The van der Waals surface area contributed by atoms with Gasteiger partial charge in [0.1, 0.15) is 18.0 Å². The summed E-state index contributed by atoms with van der Waals surface area (Å²) in [5.41, 5.74) is 0.800. The normalized spacial score (nSPS) is 12.7. The molecule has 1 aromatic carbocycles. The summed E-state index contributed by atoms with van der Waals surface area (Å²) in [5.74, 6) is 0.503. The van der Waals surface area contributed by atoms with E-state index in [2.05, 4.69) is 15.5 Å². The van der Waals surface area contributed by atoms with Crippen molar-refractivity contribution in [2.45, 2.75) is 19.5 Å². The highest BCUT2D eigenvalue weighted by Crippen LogP contribution is 2.15. The minimum Gasteiger partial charge on any atom is -0.319 e. The van der Waals surface area contributed by atoms with Gasteiger partial charge in [-0.3, -0.25) is 0 Å². The lowest BCUT2D eigenvalue weighted by Gasteiger charge is -2.13. The lowest BCUT2D eigenvalue weighted by atomic mass is 10.2. The second-order valence-electron chi connectivity index (χ2n) is 4.18. The molecule has 1 aromatic heterocycles. The van der Waals surface area contributed by atoms with E-state index in [0.29, 0.717) is 11.6 Å². The molecule has 2 rings (SSSR count). The third kappa shape index (κ3) is 3.05. The third-order valence-corrected chi connectivity index (χ3v) is 2.89. The highest BCUT2D eigenvalue weighted by molar-refractivity contribution is 6.30. The standard InChI is InChI=1S/C12H14ClFN4/c1-8(12-17-16-7-18(12)2)15-6-9-3-10(13)5-11(14)4-9/h3-5,7-8,15H,6H2,1-2H3. The van der Waals surface area contributed by atoms with Crippen LogP contribution in [0.3, 0.4) is 0 Å². The van der Waals surface area contributed by atoms with Crippen LogP contribution in [0.5, 0.6) is 0 Å². The van der Waals surface area contributed by atoms with Crippen molar-refractivity contribution in [3.8, 4) is 0 Å². The Kier molecular flexibility index (Phi) is 3.93. The van der Waals surface area contributed by atoms with Crippen LogP contribution in [0, 0.1) is 5.82 Å². The average molecular weight is 269 g/mol. The van der Waals surface area contributed by atoms with Gasteiger partial charge in [0.15, 0.2) is 0 Å². The highest BCUT2D eigenvalue weighted by atomic mass is 35.5. The smallest absolute Gasteiger partial charge is 0.149 e. The van der Waals surface area contributed by atoms with Gasteiger partial charge in [-0.15, -0.1) is 10.2 Å². The SMILES string of the molecule is CC(NCc1cc(F)cc(Cl)c1)c1nncn1C. The Hall–Kier alpha value is -1.46. The monoisotopic (exact) mass is 268 g/mol. The van der Waals surface area contributed by atoms with Crippen LogP contribution in [-0.2, 0) is 13.6 Å². The Balaban J connectivity index is 2.01. The molecule has 0 bridgehead atoms. The molecule has 1 atom stereocenters. The number of aromatic nitrogens is 3. The molecule has 6 heteroatoms. The summed E-state index contributed by atoms with van der Waals surface area (Å²) in [6, 6.07) is 4.51. The van der Waals surface area contributed by atoms with Gasteiger partial charge in [-0.1, -0.05) is 11.6 Å². The number of nitrogens with zero attached hydrogens (tertiary/aromatic N) is 3. The highest BCUT2D eigenvalue weighted by Gasteiger charge is 2.10. The fraction of sp³-hybridized carbons (Fsp3) is 0.333. The molecule has 0 radical (unpaired) electrons. The molecule has 0 saturated heterocycles. The number of benzene rings is 1. The Morgan fingerprint density at radius 2 is 2.22 bits per heavy atom. The molecule has 0 amide bonds. The van der Waals surface area contributed by atoms with Gasteiger partial charge in [0.25, 0.3) is 0 Å². The maximum atomic E-state index is 13.2. The first-order valence-corrected chi connectivity index (χ1v) is 5.96. The predicted octanol–water partition coefficient (Wildman–Crippen LogP) is 2.46. The van der Waals surface area contributed by atoms with Crippen LogP contribution >= 0.6 is 11.6 Å². The van der Waals surface area contributed by atoms with Crippen molar-refractivity contribution in [2.75, 3.05) is 0 Å². The van der Waals surface area contributed by atoms with Gasteiger partial charge in [0, 0.05) is 18.6 Å². The van der Waals surface area contributed by atoms with Crippen molar-refractivity contribution in [1.29, 1.82) is 0 Å². The van der Waals surface area contributed by atoms with Crippen molar-refractivity contribution in [3.05, 3.63) is 46.8 Å². The molecular weight excluding hydrogens is 255 g/mol. The summed E-state index contributed by atoms with van der Waals surface area (Å²) in [6.07, 6.45) is 1.65. The molecule has 0 saturated carbocycles. The lowest BCUT2D eigenvalue weighted by molar-refractivity contribution is 0.526. The first-order valence-electron chi connectivity index (χ1n) is 5.58. The van der Waals surface area contributed by atoms with E-state index in [1.54, 1.807) is 12.4 Å². The third-order valence-electron chi connectivity index (χ3n) is 2.67. The van der Waals surface area contributed by atoms with Gasteiger partial charge in [0.2, 0.25) is 0 Å². The zero-order valence-corrected chi connectivity index (χ0v) is 10.9. The van der Waals surface area contributed by atoms with Crippen LogP contribution in [-0.4, -0.2) is 14.8 Å². The van der Waals surface area contributed by atoms with Crippen molar-refractivity contribution in [2.24, 2.45) is 7.05 Å². The van der Waals surface area contributed by atoms with Crippen LogP contribution in [0.4, 0.5) is 4.39 Å². The molecule has 1 unspecified atom stereocenters. The van der Waals surface area contributed by atoms with Crippen molar-refractivity contribution in [3.63, 3.8) is 0 Å². The molecule has 1 N–H and O–H groups in total. The van der Waals surface area contributed by atoms with Gasteiger partial charge in [-0.05, 0) is 30.7 Å². The number of hydrogen-bond acceptors (Lipinski definition) is 3. The molecule has 0 spiro atoms. The largest absolute Gasteiger partial charge is 0.319 e. The van der Waals surface area contributed by atoms with Gasteiger partial charge in [-0.2, -0.15) is 0 Å². The van der Waals surface area contributed by atoms with Crippen molar-refractivity contribution in [1.82, 2.24) is 20.1 Å². The van der Waals surface area contributed by atoms with E-state index < -0.39 is 0 Å². The summed E-state index contributed by atoms with van der Waals surface area (Å²) < 4.78 is 15.0. The maximum absolute atomic E-state index is 13.2. The summed E-state index contributed by atoms with van der Waals surface area (Å²) in [7, 11) is 1.88. The Morgan fingerprint density at radius 1 is 1.44 bits per heavy atom. The van der Waals surface area contributed by atoms with E-state index in [0.717, 1.165) is 11.4 Å². The predicted molar refractivity (Wildman–Crippen MR) is 67.7 cm³/mol. The number of rotatable bonds is 4. The van der Waals surface area contributed by atoms with Crippen LogP contribution in [0.2, 0.25) is 5.02 Å². The summed E-state index contributed by atoms with van der Waals surface area (Å²) in [5, 5.41) is 11.5. The summed E-state index contributed by atoms with van der Waals surface area (Å²) >= 11 is 5.80. The maximum Gasteiger partial charge on any atom is 0.149 e. The molecular formula is C12H14ClFN4. The Labute approximate surface area is 110 Å². The van der Waals surface area contributed by atoms with E-state index in [1.807, 2.05) is 18.5 Å². The van der Waals surface area contributed by atoms with Gasteiger partial charge in [0.05, 0.1) is 6.04 Å². The van der Waals surface area contributed by atoms with Crippen LogP contribution in [0.1, 0.15) is 24.4 Å². The van der Waals surface area contributed by atoms with E-state index in [4.69, 9.17) is 11.6 Å². The fourth-order valence-electron chi connectivity index (χ4n) is 1.76. The van der Waals surface area contributed by atoms with E-state index in [1.165, 1.54) is 12.1 Å². The van der Waals surface area contributed by atoms with Gasteiger partial charge >= 0.3 is 0 Å². The molecule has 0 aliphatic heterocycles. The first kappa shape index (κ1) is 13.0. The second-order valence-corrected chi connectivity index (χ2v) is 4.62. The van der Waals surface area contributed by atoms with Gasteiger partial charge < -0.3 is 9.88 Å². The van der Waals surface area contributed by atoms with Crippen molar-refractivity contribution >= 4 is 11.6 Å². The zero-order chi connectivity index (χ0) is 13.1. The topological polar surface area (TPSA) is 42.7 Å². The molecule has 0 fully saturated rings. The number of hydrogen-bond donors (Lipinski definition) is 1. The number of nitrogens with one attached hydrogen (secondary N) is 1. The van der Waals surface area contributed by atoms with Crippen molar-refractivity contribution < 1.29 is 4.39 Å². The van der Waals surface area contributed by atoms with Gasteiger partial charge in [-0.25, -0.2) is 4.39 Å². The van der Waals surface area contributed by atoms with Crippen LogP contribution in [0.15, 0.2) is 24.5 Å². The molecule has 96 valence electrons. The number of aryl methyl sites for hydroxylation is 1.